The van der Waals surface area contributed by atoms with E-state index >= 15 is 0 Å². The number of ether oxygens (including phenoxy) is 1. The fourth-order valence-electron chi connectivity index (χ4n) is 1.59. The lowest BCUT2D eigenvalue weighted by molar-refractivity contribution is 0.0529. The Bertz CT molecular complexity index is 544. The summed E-state index contributed by atoms with van der Waals surface area (Å²) in [6.45, 7) is 8.46. The van der Waals surface area contributed by atoms with Gasteiger partial charge in [-0.1, -0.05) is 0 Å². The summed E-state index contributed by atoms with van der Waals surface area (Å²) in [7, 11) is 0. The number of anilines is 1. The van der Waals surface area contributed by atoms with E-state index in [4.69, 9.17) is 17.0 Å². The number of carbonyl (C=O) groups is 1. The van der Waals surface area contributed by atoms with Gasteiger partial charge in [0.2, 0.25) is 0 Å². The van der Waals surface area contributed by atoms with Crippen molar-refractivity contribution < 1.29 is 9.53 Å². The molecule has 1 aromatic carbocycles. The van der Waals surface area contributed by atoms with Crippen LogP contribution in [0.4, 0.5) is 10.5 Å². The molecule has 0 bridgehead atoms. The lowest BCUT2D eigenvalue weighted by Gasteiger charge is -2.19. The molecule has 0 aliphatic rings. The fourth-order valence-corrected chi connectivity index (χ4v) is 2.45. The van der Waals surface area contributed by atoms with E-state index in [0.29, 0.717) is 18.2 Å². The quantitative estimate of drug-likeness (QED) is 0.385. The Morgan fingerprint density at radius 3 is 2.50 bits per heavy atom. The number of amides is 1. The first kappa shape index (κ1) is 19.0. The molecule has 1 aromatic rings. The van der Waals surface area contributed by atoms with Gasteiger partial charge in [0.05, 0.1) is 0 Å². The van der Waals surface area contributed by atoms with Crippen molar-refractivity contribution in [1.82, 2.24) is 10.6 Å². The number of alkyl carbamates (subject to hydrolysis) is 1. The average molecular weight is 435 g/mol. The van der Waals surface area contributed by atoms with Crippen LogP contribution in [-0.2, 0) is 4.74 Å². The van der Waals surface area contributed by atoms with Crippen LogP contribution in [0.15, 0.2) is 18.2 Å². The molecule has 0 unspecified atom stereocenters. The molecule has 7 heteroatoms. The number of halogens is 1. The molecule has 122 valence electrons. The topological polar surface area (TPSA) is 62.4 Å². The Morgan fingerprint density at radius 1 is 1.27 bits per heavy atom. The van der Waals surface area contributed by atoms with Gasteiger partial charge in [-0.15, -0.1) is 0 Å². The molecule has 0 heterocycles. The van der Waals surface area contributed by atoms with Crippen LogP contribution in [0.5, 0.6) is 0 Å². The van der Waals surface area contributed by atoms with Gasteiger partial charge in [0.1, 0.15) is 5.60 Å². The summed E-state index contributed by atoms with van der Waals surface area (Å²) >= 11 is 7.50. The van der Waals surface area contributed by atoms with Gasteiger partial charge >= 0.3 is 6.09 Å². The second-order valence-corrected chi connectivity index (χ2v) is 7.42. The van der Waals surface area contributed by atoms with Crippen LogP contribution in [0.3, 0.4) is 0 Å². The molecular formula is C15H22IN3O2S. The van der Waals surface area contributed by atoms with Crippen LogP contribution in [0.25, 0.3) is 0 Å². The van der Waals surface area contributed by atoms with E-state index < -0.39 is 11.7 Å². The van der Waals surface area contributed by atoms with Crippen molar-refractivity contribution in [3.8, 4) is 0 Å². The second-order valence-electron chi connectivity index (χ2n) is 5.77. The summed E-state index contributed by atoms with van der Waals surface area (Å²) in [6.07, 6.45) is -0.429. The highest BCUT2D eigenvalue weighted by Gasteiger charge is 2.15. The highest BCUT2D eigenvalue weighted by Crippen LogP contribution is 2.17. The Labute approximate surface area is 150 Å². The minimum absolute atomic E-state index is 0.429. The standard InChI is InChI=1S/C15H22IN3O2S/c1-10-9-11(16)5-6-12(10)19-13(22)17-7-8-18-14(20)21-15(2,3)4/h5-6,9H,7-8H2,1-4H3,(H,18,20)(H2,17,19,22). The molecule has 0 fully saturated rings. The number of thiocarbonyl (C=S) groups is 1. The van der Waals surface area contributed by atoms with Crippen molar-refractivity contribution in [3.63, 3.8) is 0 Å². The van der Waals surface area contributed by atoms with Gasteiger partial charge in [0.15, 0.2) is 5.11 Å². The van der Waals surface area contributed by atoms with Crippen molar-refractivity contribution in [3.05, 3.63) is 27.3 Å². The lowest BCUT2D eigenvalue weighted by atomic mass is 10.2. The maximum atomic E-state index is 11.5. The number of carbonyl (C=O) groups excluding carboxylic acids is 1. The lowest BCUT2D eigenvalue weighted by Crippen LogP contribution is -2.39. The molecule has 0 saturated heterocycles. The molecule has 0 atom stereocenters. The Kier molecular flexibility index (Phi) is 7.34. The summed E-state index contributed by atoms with van der Waals surface area (Å²) in [5.41, 5.74) is 1.61. The van der Waals surface area contributed by atoms with Gasteiger partial charge in [-0.3, -0.25) is 0 Å². The monoisotopic (exact) mass is 435 g/mol. The first-order valence-corrected chi connectivity index (χ1v) is 8.44. The van der Waals surface area contributed by atoms with Crippen LogP contribution >= 0.6 is 34.8 Å². The largest absolute Gasteiger partial charge is 0.444 e. The normalized spacial score (nSPS) is 10.8. The van der Waals surface area contributed by atoms with E-state index in [0.717, 1.165) is 11.3 Å². The Morgan fingerprint density at radius 2 is 1.91 bits per heavy atom. The van der Waals surface area contributed by atoms with Gasteiger partial charge < -0.3 is 20.7 Å². The maximum absolute atomic E-state index is 11.5. The van der Waals surface area contributed by atoms with E-state index in [1.54, 1.807) is 0 Å². The number of aryl methyl sites for hydroxylation is 1. The van der Waals surface area contributed by atoms with Gasteiger partial charge in [-0.25, -0.2) is 4.79 Å². The molecule has 0 aromatic heterocycles. The summed E-state index contributed by atoms with van der Waals surface area (Å²) in [5.74, 6) is 0. The van der Waals surface area contributed by atoms with Crippen molar-refractivity contribution in [2.24, 2.45) is 0 Å². The Hall–Kier alpha value is -1.09. The molecule has 3 N–H and O–H groups in total. The molecular weight excluding hydrogens is 413 g/mol. The molecule has 22 heavy (non-hydrogen) atoms. The van der Waals surface area contributed by atoms with E-state index in [-0.39, 0.29) is 0 Å². The second kappa shape index (κ2) is 8.52. The van der Waals surface area contributed by atoms with Crippen molar-refractivity contribution in [2.45, 2.75) is 33.3 Å². The molecule has 5 nitrogen and oxygen atoms in total. The highest BCUT2D eigenvalue weighted by molar-refractivity contribution is 14.1. The summed E-state index contributed by atoms with van der Waals surface area (Å²) in [4.78, 5) is 11.5. The molecule has 0 radical (unpaired) electrons. The van der Waals surface area contributed by atoms with Crippen LogP contribution in [0, 0.1) is 10.5 Å². The molecule has 0 saturated carbocycles. The minimum atomic E-state index is -0.489. The van der Waals surface area contributed by atoms with Gasteiger partial charge in [0, 0.05) is 22.3 Å². The number of rotatable bonds is 4. The van der Waals surface area contributed by atoms with Gasteiger partial charge in [-0.05, 0) is 86.3 Å². The van der Waals surface area contributed by atoms with E-state index in [1.807, 2.05) is 39.8 Å². The van der Waals surface area contributed by atoms with Crippen molar-refractivity contribution >= 4 is 51.7 Å². The maximum Gasteiger partial charge on any atom is 0.407 e. The molecule has 1 amide bonds. The van der Waals surface area contributed by atoms with Crippen molar-refractivity contribution in [2.75, 3.05) is 18.4 Å². The van der Waals surface area contributed by atoms with Crippen LogP contribution in [-0.4, -0.2) is 29.9 Å². The first-order chi connectivity index (χ1) is 10.2. The van der Waals surface area contributed by atoms with E-state index in [9.17, 15) is 4.79 Å². The van der Waals surface area contributed by atoms with E-state index in [1.165, 1.54) is 3.57 Å². The molecule has 1 rings (SSSR count). The summed E-state index contributed by atoms with van der Waals surface area (Å²) in [5, 5.41) is 9.36. The zero-order chi connectivity index (χ0) is 16.8. The zero-order valence-electron chi connectivity index (χ0n) is 13.2. The van der Waals surface area contributed by atoms with Crippen LogP contribution < -0.4 is 16.0 Å². The van der Waals surface area contributed by atoms with Crippen LogP contribution in [0.1, 0.15) is 26.3 Å². The summed E-state index contributed by atoms with van der Waals surface area (Å²) < 4.78 is 6.32. The predicted molar refractivity (Wildman–Crippen MR) is 102 cm³/mol. The number of nitrogens with one attached hydrogen (secondary N) is 3. The first-order valence-electron chi connectivity index (χ1n) is 6.95. The Balaban J connectivity index is 2.28. The van der Waals surface area contributed by atoms with Gasteiger partial charge in [-0.2, -0.15) is 0 Å². The molecule has 0 aliphatic carbocycles. The average Bonchev–Trinajstić information content (AvgIpc) is 2.36. The molecule has 0 aliphatic heterocycles. The number of hydrogen-bond donors (Lipinski definition) is 3. The molecule has 0 spiro atoms. The SMILES string of the molecule is Cc1cc(I)ccc1NC(=S)NCCNC(=O)OC(C)(C)C. The van der Waals surface area contributed by atoms with Gasteiger partial charge in [0.25, 0.3) is 0 Å². The minimum Gasteiger partial charge on any atom is -0.444 e. The smallest absolute Gasteiger partial charge is 0.407 e. The highest BCUT2D eigenvalue weighted by atomic mass is 127. The fraction of sp³-hybridized carbons (Fsp3) is 0.467. The third-order valence-electron chi connectivity index (χ3n) is 2.52. The van der Waals surface area contributed by atoms with Crippen molar-refractivity contribution in [1.29, 1.82) is 0 Å². The zero-order valence-corrected chi connectivity index (χ0v) is 16.2. The summed E-state index contributed by atoms with van der Waals surface area (Å²) in [6, 6.07) is 6.09. The van der Waals surface area contributed by atoms with E-state index in [2.05, 4.69) is 44.6 Å². The number of benzene rings is 1. The number of hydrogen-bond acceptors (Lipinski definition) is 3. The third kappa shape index (κ3) is 7.79. The van der Waals surface area contributed by atoms with Crippen LogP contribution in [0.2, 0.25) is 0 Å². The third-order valence-corrected chi connectivity index (χ3v) is 3.43. The predicted octanol–water partition coefficient (Wildman–Crippen LogP) is 3.41.